The molecule has 0 N–H and O–H groups in total. The van der Waals surface area contributed by atoms with E-state index in [1.807, 2.05) is 0 Å². The molecule has 0 spiro atoms. The lowest BCUT2D eigenvalue weighted by molar-refractivity contribution is -0.120. The maximum absolute atomic E-state index is 11.5. The van der Waals surface area contributed by atoms with Gasteiger partial charge in [-0.3, -0.25) is 4.79 Å². The molecule has 0 saturated heterocycles. The third-order valence-electron chi connectivity index (χ3n) is 4.25. The molecule has 122 valence electrons. The third kappa shape index (κ3) is 7.41. The Morgan fingerprint density at radius 1 is 1.33 bits per heavy atom. The van der Waals surface area contributed by atoms with Gasteiger partial charge < -0.3 is 4.43 Å². The number of ketones is 1. The predicted molar refractivity (Wildman–Crippen MR) is 93.1 cm³/mol. The molecule has 0 aromatic carbocycles. The third-order valence-corrected chi connectivity index (χ3v) is 5.24. The van der Waals surface area contributed by atoms with Crippen molar-refractivity contribution in [3.63, 3.8) is 0 Å². The highest BCUT2D eigenvalue weighted by atomic mass is 28.4. The SMILES string of the molecule is CCCCCC[C@@H](O[Si](C)(C)C)C1=CC[C@H](C(C)=O)CC1. The van der Waals surface area contributed by atoms with Crippen LogP contribution in [0, 0.1) is 5.92 Å². The molecule has 0 fully saturated rings. The lowest BCUT2D eigenvalue weighted by Gasteiger charge is -2.31. The van der Waals surface area contributed by atoms with Gasteiger partial charge in [-0.15, -0.1) is 0 Å². The summed E-state index contributed by atoms with van der Waals surface area (Å²) < 4.78 is 6.44. The molecule has 2 atom stereocenters. The second kappa shape index (κ2) is 8.89. The first-order chi connectivity index (χ1) is 9.83. The topological polar surface area (TPSA) is 26.3 Å². The summed E-state index contributed by atoms with van der Waals surface area (Å²) in [4.78, 5) is 11.5. The van der Waals surface area contributed by atoms with Crippen molar-refractivity contribution in [2.75, 3.05) is 0 Å². The summed E-state index contributed by atoms with van der Waals surface area (Å²) in [5.41, 5.74) is 1.46. The van der Waals surface area contributed by atoms with Crippen molar-refractivity contribution < 1.29 is 9.22 Å². The molecule has 21 heavy (non-hydrogen) atoms. The van der Waals surface area contributed by atoms with Gasteiger partial charge in [0.05, 0.1) is 6.10 Å². The summed E-state index contributed by atoms with van der Waals surface area (Å²) in [6.45, 7) is 10.8. The molecule has 0 bridgehead atoms. The Kier molecular flexibility index (Phi) is 7.89. The molecule has 0 unspecified atom stereocenters. The van der Waals surface area contributed by atoms with Crippen LogP contribution in [-0.4, -0.2) is 20.2 Å². The Labute approximate surface area is 132 Å². The Bertz CT molecular complexity index is 355. The molecule has 0 saturated carbocycles. The summed E-state index contributed by atoms with van der Waals surface area (Å²) in [5, 5.41) is 0. The van der Waals surface area contributed by atoms with Gasteiger partial charge in [0, 0.05) is 5.92 Å². The Hall–Kier alpha value is -0.413. The maximum Gasteiger partial charge on any atom is 0.184 e. The largest absolute Gasteiger partial charge is 0.411 e. The summed E-state index contributed by atoms with van der Waals surface area (Å²) >= 11 is 0. The number of unbranched alkanes of at least 4 members (excludes halogenated alkanes) is 3. The summed E-state index contributed by atoms with van der Waals surface area (Å²) in [6.07, 6.45) is 11.9. The van der Waals surface area contributed by atoms with E-state index in [9.17, 15) is 4.79 Å². The summed E-state index contributed by atoms with van der Waals surface area (Å²) in [6, 6.07) is 0. The highest BCUT2D eigenvalue weighted by Crippen LogP contribution is 2.30. The van der Waals surface area contributed by atoms with E-state index in [0.29, 0.717) is 11.9 Å². The molecular weight excluding hydrogens is 276 g/mol. The first-order valence-electron chi connectivity index (χ1n) is 8.70. The standard InChI is InChI=1S/C18H34O2Si/c1-6-7-8-9-10-18(20-21(3,4)5)17-13-11-16(12-14-17)15(2)19/h13,16,18H,6-12,14H2,1-5H3/t16-,18+/m0/s1. The van der Waals surface area contributed by atoms with Crippen molar-refractivity contribution in [2.45, 2.75) is 91.0 Å². The van der Waals surface area contributed by atoms with Crippen LogP contribution in [0.25, 0.3) is 0 Å². The highest BCUT2D eigenvalue weighted by Gasteiger charge is 2.27. The molecule has 1 rings (SSSR count). The summed E-state index contributed by atoms with van der Waals surface area (Å²) in [5.74, 6) is 0.595. The van der Waals surface area contributed by atoms with Gasteiger partial charge in [-0.1, -0.05) is 38.7 Å². The molecule has 0 heterocycles. The van der Waals surface area contributed by atoms with E-state index < -0.39 is 8.32 Å². The molecule has 0 aromatic heterocycles. The van der Waals surface area contributed by atoms with E-state index in [0.717, 1.165) is 25.7 Å². The van der Waals surface area contributed by atoms with E-state index in [1.165, 1.54) is 31.3 Å². The van der Waals surface area contributed by atoms with Crippen LogP contribution in [0.15, 0.2) is 11.6 Å². The second-order valence-electron chi connectivity index (χ2n) is 7.43. The van der Waals surface area contributed by atoms with Gasteiger partial charge in [-0.2, -0.15) is 0 Å². The number of rotatable bonds is 9. The molecule has 0 aliphatic heterocycles. The zero-order valence-corrected chi connectivity index (χ0v) is 15.7. The average Bonchev–Trinajstić information content (AvgIpc) is 2.41. The van der Waals surface area contributed by atoms with E-state index in [2.05, 4.69) is 32.6 Å². The lowest BCUT2D eigenvalue weighted by Crippen LogP contribution is -2.34. The molecule has 2 nitrogen and oxygen atoms in total. The highest BCUT2D eigenvalue weighted by molar-refractivity contribution is 6.69. The second-order valence-corrected chi connectivity index (χ2v) is 11.9. The summed E-state index contributed by atoms with van der Waals surface area (Å²) in [7, 11) is -1.52. The quantitative estimate of drug-likeness (QED) is 0.320. The lowest BCUT2D eigenvalue weighted by atomic mass is 9.84. The number of carbonyl (C=O) groups is 1. The molecule has 0 radical (unpaired) electrons. The van der Waals surface area contributed by atoms with Crippen LogP contribution >= 0.6 is 0 Å². The van der Waals surface area contributed by atoms with Crippen molar-refractivity contribution >= 4 is 14.1 Å². The van der Waals surface area contributed by atoms with Crippen molar-refractivity contribution in [1.82, 2.24) is 0 Å². The van der Waals surface area contributed by atoms with Gasteiger partial charge in [0.2, 0.25) is 0 Å². The average molecular weight is 311 g/mol. The first kappa shape index (κ1) is 18.6. The minimum atomic E-state index is -1.52. The first-order valence-corrected chi connectivity index (χ1v) is 12.1. The van der Waals surface area contributed by atoms with E-state index in [-0.39, 0.29) is 5.92 Å². The van der Waals surface area contributed by atoms with Crippen molar-refractivity contribution in [3.8, 4) is 0 Å². The number of hydrogen-bond donors (Lipinski definition) is 0. The van der Waals surface area contributed by atoms with E-state index in [4.69, 9.17) is 4.43 Å². The minimum absolute atomic E-state index is 0.251. The Morgan fingerprint density at radius 3 is 2.52 bits per heavy atom. The molecule has 1 aliphatic rings. The molecule has 1 aliphatic carbocycles. The van der Waals surface area contributed by atoms with Gasteiger partial charge in [-0.25, -0.2) is 0 Å². The predicted octanol–water partition coefficient (Wildman–Crippen LogP) is 5.49. The number of allylic oxidation sites excluding steroid dienone is 1. The maximum atomic E-state index is 11.5. The van der Waals surface area contributed by atoms with Crippen LogP contribution in [0.2, 0.25) is 19.6 Å². The van der Waals surface area contributed by atoms with Crippen LogP contribution in [0.4, 0.5) is 0 Å². The van der Waals surface area contributed by atoms with Gasteiger partial charge in [0.25, 0.3) is 0 Å². The van der Waals surface area contributed by atoms with Gasteiger partial charge in [0.15, 0.2) is 8.32 Å². The van der Waals surface area contributed by atoms with Crippen LogP contribution in [0.3, 0.4) is 0 Å². The van der Waals surface area contributed by atoms with Crippen LogP contribution < -0.4 is 0 Å². The van der Waals surface area contributed by atoms with Gasteiger partial charge in [0.1, 0.15) is 5.78 Å². The van der Waals surface area contributed by atoms with Gasteiger partial charge in [-0.05, 0) is 57.8 Å². The number of hydrogen-bond acceptors (Lipinski definition) is 2. The van der Waals surface area contributed by atoms with E-state index >= 15 is 0 Å². The smallest absolute Gasteiger partial charge is 0.184 e. The minimum Gasteiger partial charge on any atom is -0.411 e. The number of Topliss-reactive ketones (excluding diaryl/α,β-unsaturated/α-hetero) is 1. The fourth-order valence-corrected chi connectivity index (χ4v) is 4.14. The normalized spacial score (nSPS) is 21.0. The monoisotopic (exact) mass is 310 g/mol. The van der Waals surface area contributed by atoms with Crippen molar-refractivity contribution in [3.05, 3.63) is 11.6 Å². The zero-order chi connectivity index (χ0) is 15.9. The molecule has 3 heteroatoms. The van der Waals surface area contributed by atoms with Crippen LogP contribution in [0.1, 0.15) is 65.2 Å². The van der Waals surface area contributed by atoms with Crippen molar-refractivity contribution in [2.24, 2.45) is 5.92 Å². The van der Waals surface area contributed by atoms with Crippen LogP contribution in [-0.2, 0) is 9.22 Å². The van der Waals surface area contributed by atoms with Gasteiger partial charge >= 0.3 is 0 Å². The Balaban J connectivity index is 2.61. The molecule has 0 aromatic rings. The fourth-order valence-electron chi connectivity index (χ4n) is 3.02. The van der Waals surface area contributed by atoms with E-state index in [1.54, 1.807) is 6.92 Å². The van der Waals surface area contributed by atoms with Crippen LogP contribution in [0.5, 0.6) is 0 Å². The fraction of sp³-hybridized carbons (Fsp3) is 0.833. The Morgan fingerprint density at radius 2 is 2.05 bits per heavy atom. The van der Waals surface area contributed by atoms with Crippen molar-refractivity contribution in [1.29, 1.82) is 0 Å². The number of carbonyl (C=O) groups excluding carboxylic acids is 1. The zero-order valence-electron chi connectivity index (χ0n) is 14.7. The molecule has 0 amide bonds. The molecular formula is C18H34O2Si.